The molecule has 0 saturated carbocycles. The first-order valence-corrected chi connectivity index (χ1v) is 8.64. The predicted molar refractivity (Wildman–Crippen MR) is 96.4 cm³/mol. The first kappa shape index (κ1) is 17.6. The maximum atomic E-state index is 12.2. The highest BCUT2D eigenvalue weighted by Crippen LogP contribution is 2.22. The molecule has 5 heteroatoms. The van der Waals surface area contributed by atoms with E-state index in [-0.39, 0.29) is 17.6 Å². The summed E-state index contributed by atoms with van der Waals surface area (Å²) >= 11 is 7.31. The second-order valence-corrected chi connectivity index (χ2v) is 6.87. The Morgan fingerprint density at radius 1 is 1.04 bits per heavy atom. The van der Waals surface area contributed by atoms with E-state index < -0.39 is 0 Å². The summed E-state index contributed by atoms with van der Waals surface area (Å²) in [5, 5.41) is 3.48. The van der Waals surface area contributed by atoms with Gasteiger partial charge in [-0.25, -0.2) is 0 Å². The van der Waals surface area contributed by atoms with Gasteiger partial charge in [-0.15, -0.1) is 11.8 Å². The van der Waals surface area contributed by atoms with Crippen molar-refractivity contribution in [3.8, 4) is 0 Å². The number of carbonyl (C=O) groups is 2. The van der Waals surface area contributed by atoms with Crippen LogP contribution in [0.2, 0.25) is 5.02 Å². The molecule has 2 aromatic rings. The summed E-state index contributed by atoms with van der Waals surface area (Å²) in [4.78, 5) is 24.8. The summed E-state index contributed by atoms with van der Waals surface area (Å²) in [6.45, 7) is 3.67. The van der Waals surface area contributed by atoms with Crippen LogP contribution in [0.5, 0.6) is 0 Å². The summed E-state index contributed by atoms with van der Waals surface area (Å²) in [6.07, 6.45) is 0. The van der Waals surface area contributed by atoms with Crippen LogP contribution < -0.4 is 5.32 Å². The van der Waals surface area contributed by atoms with Gasteiger partial charge >= 0.3 is 0 Å². The van der Waals surface area contributed by atoms with E-state index in [0.717, 1.165) is 4.90 Å². The summed E-state index contributed by atoms with van der Waals surface area (Å²) in [5.41, 5.74) is 1.33. The summed E-state index contributed by atoms with van der Waals surface area (Å²) in [6, 6.07) is 14.4. The lowest BCUT2D eigenvalue weighted by molar-refractivity contribution is -0.118. The number of amides is 1. The van der Waals surface area contributed by atoms with Crippen molar-refractivity contribution in [1.29, 1.82) is 0 Å². The Morgan fingerprint density at radius 3 is 2.22 bits per heavy atom. The molecule has 23 heavy (non-hydrogen) atoms. The summed E-state index contributed by atoms with van der Waals surface area (Å²) < 4.78 is 0. The average molecular weight is 348 g/mol. The maximum absolute atomic E-state index is 12.2. The van der Waals surface area contributed by atoms with Gasteiger partial charge in [-0.2, -0.15) is 0 Å². The van der Waals surface area contributed by atoms with Gasteiger partial charge in [-0.1, -0.05) is 25.4 Å². The Labute approximate surface area is 145 Å². The molecule has 0 aliphatic heterocycles. The molecule has 0 atom stereocenters. The van der Waals surface area contributed by atoms with Crippen LogP contribution in [-0.4, -0.2) is 17.4 Å². The standard InChI is InChI=1S/C18H18ClNO2S/c1-12(2)18(22)20-15-7-3-13(4-8-15)17(21)11-23-16-9-5-14(19)6-10-16/h3-10,12H,11H2,1-2H3,(H,20,22). The highest BCUT2D eigenvalue weighted by atomic mass is 35.5. The normalized spacial score (nSPS) is 10.6. The van der Waals surface area contributed by atoms with E-state index in [2.05, 4.69) is 5.32 Å². The monoisotopic (exact) mass is 347 g/mol. The third kappa shape index (κ3) is 5.41. The van der Waals surface area contributed by atoms with E-state index in [4.69, 9.17) is 11.6 Å². The zero-order valence-electron chi connectivity index (χ0n) is 13.0. The number of hydrogen-bond acceptors (Lipinski definition) is 3. The third-order valence-corrected chi connectivity index (χ3v) is 4.45. The van der Waals surface area contributed by atoms with Crippen LogP contribution >= 0.6 is 23.4 Å². The molecule has 0 spiro atoms. The topological polar surface area (TPSA) is 46.2 Å². The minimum absolute atomic E-state index is 0.0395. The number of halogens is 1. The molecule has 120 valence electrons. The number of thioether (sulfide) groups is 1. The Balaban J connectivity index is 1.92. The SMILES string of the molecule is CC(C)C(=O)Nc1ccc(C(=O)CSc2ccc(Cl)cc2)cc1. The molecule has 0 aromatic heterocycles. The van der Waals surface area contributed by atoms with E-state index in [9.17, 15) is 9.59 Å². The van der Waals surface area contributed by atoms with Crippen molar-refractivity contribution in [2.45, 2.75) is 18.7 Å². The summed E-state index contributed by atoms with van der Waals surface area (Å²) in [5.74, 6) is 0.292. The fourth-order valence-corrected chi connectivity index (χ4v) is 2.71. The third-order valence-electron chi connectivity index (χ3n) is 3.18. The first-order chi connectivity index (χ1) is 11.0. The van der Waals surface area contributed by atoms with Crippen LogP contribution in [0.1, 0.15) is 24.2 Å². The van der Waals surface area contributed by atoms with Gasteiger partial charge in [0.25, 0.3) is 0 Å². The van der Waals surface area contributed by atoms with E-state index in [1.54, 1.807) is 36.4 Å². The van der Waals surface area contributed by atoms with Gasteiger partial charge in [0.1, 0.15) is 0 Å². The van der Waals surface area contributed by atoms with Crippen LogP contribution in [0, 0.1) is 5.92 Å². The number of carbonyl (C=O) groups excluding carboxylic acids is 2. The fourth-order valence-electron chi connectivity index (χ4n) is 1.79. The molecule has 1 N–H and O–H groups in total. The Kier molecular flexibility index (Phi) is 6.25. The second kappa shape index (κ2) is 8.18. The van der Waals surface area contributed by atoms with Crippen molar-refractivity contribution in [3.63, 3.8) is 0 Å². The van der Waals surface area contributed by atoms with Crippen LogP contribution in [0.25, 0.3) is 0 Å². The maximum Gasteiger partial charge on any atom is 0.226 e. The van der Waals surface area contributed by atoms with Gasteiger partial charge < -0.3 is 5.32 Å². The Bertz CT molecular complexity index is 681. The predicted octanol–water partition coefficient (Wildman–Crippen LogP) is 4.91. The Hall–Kier alpha value is -1.78. The van der Waals surface area contributed by atoms with Crippen molar-refractivity contribution in [1.82, 2.24) is 0 Å². The van der Waals surface area contributed by atoms with E-state index >= 15 is 0 Å². The van der Waals surface area contributed by atoms with Gasteiger partial charge in [0.05, 0.1) is 5.75 Å². The molecule has 0 unspecified atom stereocenters. The molecule has 0 fully saturated rings. The van der Waals surface area contributed by atoms with Crippen LogP contribution in [-0.2, 0) is 4.79 Å². The zero-order chi connectivity index (χ0) is 16.8. The van der Waals surface area contributed by atoms with Crippen molar-refractivity contribution < 1.29 is 9.59 Å². The van der Waals surface area contributed by atoms with Gasteiger partial charge in [0.15, 0.2) is 5.78 Å². The number of ketones is 1. The zero-order valence-corrected chi connectivity index (χ0v) is 14.6. The van der Waals surface area contributed by atoms with Crippen molar-refractivity contribution in [2.24, 2.45) is 5.92 Å². The van der Waals surface area contributed by atoms with Crippen molar-refractivity contribution in [3.05, 3.63) is 59.1 Å². The van der Waals surface area contributed by atoms with Gasteiger partial charge in [0.2, 0.25) is 5.91 Å². The molecule has 0 radical (unpaired) electrons. The quantitative estimate of drug-likeness (QED) is 0.596. The molecule has 1 amide bonds. The minimum Gasteiger partial charge on any atom is -0.326 e. The van der Waals surface area contributed by atoms with E-state index in [0.29, 0.717) is 22.0 Å². The number of anilines is 1. The smallest absolute Gasteiger partial charge is 0.226 e. The molecule has 0 aliphatic rings. The van der Waals surface area contributed by atoms with Crippen LogP contribution in [0.4, 0.5) is 5.69 Å². The number of nitrogens with one attached hydrogen (secondary N) is 1. The lowest BCUT2D eigenvalue weighted by Gasteiger charge is -2.08. The lowest BCUT2D eigenvalue weighted by Crippen LogP contribution is -2.17. The van der Waals surface area contributed by atoms with Crippen LogP contribution in [0.3, 0.4) is 0 Å². The number of benzene rings is 2. The van der Waals surface area contributed by atoms with Crippen molar-refractivity contribution in [2.75, 3.05) is 11.1 Å². The van der Waals surface area contributed by atoms with Gasteiger partial charge in [-0.3, -0.25) is 9.59 Å². The summed E-state index contributed by atoms with van der Waals surface area (Å²) in [7, 11) is 0. The molecule has 0 saturated heterocycles. The molecule has 0 bridgehead atoms. The minimum atomic E-state index is -0.0768. The molecule has 3 nitrogen and oxygen atoms in total. The van der Waals surface area contributed by atoms with E-state index in [1.165, 1.54) is 11.8 Å². The highest BCUT2D eigenvalue weighted by molar-refractivity contribution is 8.00. The molecule has 2 aromatic carbocycles. The largest absolute Gasteiger partial charge is 0.326 e. The number of hydrogen-bond donors (Lipinski definition) is 1. The Morgan fingerprint density at radius 2 is 1.65 bits per heavy atom. The molecule has 0 aliphatic carbocycles. The molecular weight excluding hydrogens is 330 g/mol. The molecular formula is C18H18ClNO2S. The fraction of sp³-hybridized carbons (Fsp3) is 0.222. The number of Topliss-reactive ketones (excluding diaryl/α,β-unsaturated/α-hetero) is 1. The lowest BCUT2D eigenvalue weighted by atomic mass is 10.1. The number of rotatable bonds is 6. The first-order valence-electron chi connectivity index (χ1n) is 7.28. The van der Waals surface area contributed by atoms with Crippen molar-refractivity contribution >= 4 is 40.7 Å². The highest BCUT2D eigenvalue weighted by Gasteiger charge is 2.09. The van der Waals surface area contributed by atoms with Crippen LogP contribution in [0.15, 0.2) is 53.4 Å². The van der Waals surface area contributed by atoms with E-state index in [1.807, 2.05) is 26.0 Å². The van der Waals surface area contributed by atoms with Gasteiger partial charge in [0, 0.05) is 27.1 Å². The second-order valence-electron chi connectivity index (χ2n) is 5.39. The average Bonchev–Trinajstić information content (AvgIpc) is 2.54. The van der Waals surface area contributed by atoms with Gasteiger partial charge in [-0.05, 0) is 48.5 Å². The molecule has 0 heterocycles. The molecule has 2 rings (SSSR count).